The fourth-order valence-electron chi connectivity index (χ4n) is 1.54. The summed E-state index contributed by atoms with van der Waals surface area (Å²) in [5.41, 5.74) is 1.19. The number of rotatable bonds is 4. The molecule has 0 fully saturated rings. The van der Waals surface area contributed by atoms with E-state index in [1.54, 1.807) is 0 Å². The predicted octanol–water partition coefficient (Wildman–Crippen LogP) is 3.44. The number of nitrogens with one attached hydrogen (secondary N) is 1. The second-order valence-corrected chi connectivity index (χ2v) is 7.63. The van der Waals surface area contributed by atoms with E-state index < -0.39 is 11.0 Å². The molecule has 1 aromatic carbocycles. The van der Waals surface area contributed by atoms with Crippen LogP contribution in [-0.4, -0.2) is 8.96 Å². The molecule has 0 aromatic heterocycles. The van der Waals surface area contributed by atoms with E-state index in [1.807, 2.05) is 39.0 Å². The molecular weight excluding hydrogens is 230 g/mol. The van der Waals surface area contributed by atoms with E-state index in [1.165, 1.54) is 5.56 Å². The second-order valence-electron chi connectivity index (χ2n) is 5.63. The maximum atomic E-state index is 12.2. The van der Waals surface area contributed by atoms with Crippen molar-refractivity contribution in [2.24, 2.45) is 5.92 Å². The summed E-state index contributed by atoms with van der Waals surface area (Å²) in [6.07, 6.45) is 0. The zero-order chi connectivity index (χ0) is 13.1. The molecule has 1 rings (SSSR count). The van der Waals surface area contributed by atoms with Crippen LogP contribution in [0.5, 0.6) is 0 Å². The molecule has 17 heavy (non-hydrogen) atoms. The van der Waals surface area contributed by atoms with Crippen molar-refractivity contribution in [1.29, 1.82) is 0 Å². The first-order valence-corrected chi connectivity index (χ1v) is 7.20. The van der Waals surface area contributed by atoms with Gasteiger partial charge in [0, 0.05) is 6.04 Å². The van der Waals surface area contributed by atoms with Crippen LogP contribution >= 0.6 is 0 Å². The summed E-state index contributed by atoms with van der Waals surface area (Å²) in [5, 5.41) is 0. The Morgan fingerprint density at radius 1 is 1.12 bits per heavy atom. The molecule has 0 heterocycles. The standard InChI is InChI=1S/C14H23NOS/c1-11(2)13(12-9-7-6-8-10-12)15-17(16)14(3,4)5/h6-11,13,15H,1-5H3/t13-,17+/m1/s1. The van der Waals surface area contributed by atoms with Gasteiger partial charge in [-0.25, -0.2) is 8.93 Å². The summed E-state index contributed by atoms with van der Waals surface area (Å²) in [6.45, 7) is 10.2. The highest BCUT2D eigenvalue weighted by atomic mass is 32.2. The van der Waals surface area contributed by atoms with E-state index in [2.05, 4.69) is 30.7 Å². The molecule has 0 radical (unpaired) electrons. The second kappa shape index (κ2) is 5.78. The molecule has 1 N–H and O–H groups in total. The van der Waals surface area contributed by atoms with E-state index in [4.69, 9.17) is 0 Å². The normalized spacial score (nSPS) is 15.9. The van der Waals surface area contributed by atoms with Crippen LogP contribution < -0.4 is 4.72 Å². The van der Waals surface area contributed by atoms with Gasteiger partial charge in [-0.2, -0.15) is 0 Å². The Balaban J connectivity index is 2.86. The Labute approximate surface area is 107 Å². The van der Waals surface area contributed by atoms with E-state index >= 15 is 0 Å². The first-order chi connectivity index (χ1) is 7.82. The van der Waals surface area contributed by atoms with Crippen molar-refractivity contribution in [2.45, 2.75) is 45.4 Å². The van der Waals surface area contributed by atoms with Crippen molar-refractivity contribution < 1.29 is 4.21 Å². The highest BCUT2D eigenvalue weighted by molar-refractivity contribution is 7.84. The lowest BCUT2D eigenvalue weighted by molar-refractivity contribution is 0.473. The van der Waals surface area contributed by atoms with Gasteiger partial charge >= 0.3 is 0 Å². The highest BCUT2D eigenvalue weighted by Crippen LogP contribution is 2.23. The quantitative estimate of drug-likeness (QED) is 0.875. The lowest BCUT2D eigenvalue weighted by Crippen LogP contribution is -2.37. The maximum Gasteiger partial charge on any atom is 0.0976 e. The largest absolute Gasteiger partial charge is 0.242 e. The average Bonchev–Trinajstić information content (AvgIpc) is 2.25. The summed E-state index contributed by atoms with van der Waals surface area (Å²) in [6, 6.07) is 10.3. The Morgan fingerprint density at radius 2 is 1.65 bits per heavy atom. The molecule has 2 nitrogen and oxygen atoms in total. The molecular formula is C14H23NOS. The van der Waals surface area contributed by atoms with Gasteiger partial charge < -0.3 is 0 Å². The minimum absolute atomic E-state index is 0.135. The molecule has 2 atom stereocenters. The van der Waals surface area contributed by atoms with Crippen molar-refractivity contribution in [3.63, 3.8) is 0 Å². The summed E-state index contributed by atoms with van der Waals surface area (Å²) in [4.78, 5) is 0. The van der Waals surface area contributed by atoms with Crippen LogP contribution in [0.3, 0.4) is 0 Å². The zero-order valence-electron chi connectivity index (χ0n) is 11.4. The molecule has 96 valence electrons. The minimum atomic E-state index is -1.04. The maximum absolute atomic E-state index is 12.2. The van der Waals surface area contributed by atoms with E-state index in [-0.39, 0.29) is 10.8 Å². The molecule has 0 bridgehead atoms. The van der Waals surface area contributed by atoms with Crippen molar-refractivity contribution >= 4 is 11.0 Å². The Bertz CT molecular complexity index is 368. The summed E-state index contributed by atoms with van der Waals surface area (Å²) in [5.74, 6) is 0.406. The summed E-state index contributed by atoms with van der Waals surface area (Å²) in [7, 11) is -1.04. The van der Waals surface area contributed by atoms with Gasteiger partial charge in [-0.1, -0.05) is 44.2 Å². The summed E-state index contributed by atoms with van der Waals surface area (Å²) < 4.78 is 15.2. The lowest BCUT2D eigenvalue weighted by Gasteiger charge is -2.27. The Morgan fingerprint density at radius 3 is 2.06 bits per heavy atom. The van der Waals surface area contributed by atoms with Crippen LogP contribution in [0.1, 0.15) is 46.2 Å². The van der Waals surface area contributed by atoms with Gasteiger partial charge in [0.1, 0.15) is 0 Å². The number of benzene rings is 1. The Kier molecular flexibility index (Phi) is 4.90. The van der Waals surface area contributed by atoms with Crippen molar-refractivity contribution in [3.05, 3.63) is 35.9 Å². The molecule has 1 aromatic rings. The smallest absolute Gasteiger partial charge is 0.0976 e. The zero-order valence-corrected chi connectivity index (χ0v) is 12.2. The molecule has 0 saturated carbocycles. The van der Waals surface area contributed by atoms with Crippen LogP contribution in [0.15, 0.2) is 30.3 Å². The fraction of sp³-hybridized carbons (Fsp3) is 0.571. The fourth-order valence-corrected chi connectivity index (χ4v) is 2.53. The third kappa shape index (κ3) is 4.25. The summed E-state index contributed by atoms with van der Waals surface area (Å²) >= 11 is 0. The highest BCUT2D eigenvalue weighted by Gasteiger charge is 2.25. The van der Waals surface area contributed by atoms with Gasteiger partial charge in [-0.15, -0.1) is 0 Å². The van der Waals surface area contributed by atoms with Crippen LogP contribution in [0.2, 0.25) is 0 Å². The van der Waals surface area contributed by atoms with Crippen LogP contribution in [0, 0.1) is 5.92 Å². The van der Waals surface area contributed by atoms with Crippen LogP contribution in [0.4, 0.5) is 0 Å². The third-order valence-corrected chi connectivity index (χ3v) is 4.20. The van der Waals surface area contributed by atoms with Crippen LogP contribution in [0.25, 0.3) is 0 Å². The van der Waals surface area contributed by atoms with Gasteiger partial charge in [0.25, 0.3) is 0 Å². The molecule has 3 heteroatoms. The van der Waals surface area contributed by atoms with Crippen LogP contribution in [-0.2, 0) is 11.0 Å². The average molecular weight is 253 g/mol. The van der Waals surface area contributed by atoms with Gasteiger partial charge in [0.2, 0.25) is 0 Å². The third-order valence-electron chi connectivity index (χ3n) is 2.62. The monoisotopic (exact) mass is 253 g/mol. The van der Waals surface area contributed by atoms with E-state index in [0.717, 1.165) is 0 Å². The van der Waals surface area contributed by atoms with E-state index in [0.29, 0.717) is 5.92 Å². The molecule has 0 amide bonds. The Hall–Kier alpha value is -0.670. The molecule has 0 aliphatic carbocycles. The van der Waals surface area contributed by atoms with Crippen molar-refractivity contribution in [1.82, 2.24) is 4.72 Å². The molecule has 0 aliphatic heterocycles. The number of hydrogen-bond donors (Lipinski definition) is 1. The minimum Gasteiger partial charge on any atom is -0.242 e. The topological polar surface area (TPSA) is 29.1 Å². The molecule has 0 spiro atoms. The van der Waals surface area contributed by atoms with E-state index in [9.17, 15) is 4.21 Å². The predicted molar refractivity (Wildman–Crippen MR) is 75.1 cm³/mol. The van der Waals surface area contributed by atoms with Gasteiger partial charge in [0.05, 0.1) is 15.7 Å². The first kappa shape index (κ1) is 14.4. The molecule has 0 unspecified atom stereocenters. The van der Waals surface area contributed by atoms with Crippen molar-refractivity contribution in [2.75, 3.05) is 0 Å². The van der Waals surface area contributed by atoms with Gasteiger partial charge in [-0.05, 0) is 32.3 Å². The molecule has 0 aliphatic rings. The lowest BCUT2D eigenvalue weighted by atomic mass is 9.97. The number of hydrogen-bond acceptors (Lipinski definition) is 1. The van der Waals surface area contributed by atoms with Gasteiger partial charge in [0.15, 0.2) is 0 Å². The van der Waals surface area contributed by atoms with Gasteiger partial charge in [-0.3, -0.25) is 0 Å². The molecule has 0 saturated heterocycles. The SMILES string of the molecule is CC(C)[C@@H](N[S@@](=O)C(C)(C)C)c1ccccc1. The van der Waals surface area contributed by atoms with Crippen molar-refractivity contribution in [3.8, 4) is 0 Å². The first-order valence-electron chi connectivity index (χ1n) is 6.05.